The number of hydrogen-bond acceptors (Lipinski definition) is 6. The minimum absolute atomic E-state index is 0.00874. The van der Waals surface area contributed by atoms with Gasteiger partial charge in [-0.3, -0.25) is 4.79 Å². The third-order valence-electron chi connectivity index (χ3n) is 6.14. The highest BCUT2D eigenvalue weighted by molar-refractivity contribution is 6.32. The Kier molecular flexibility index (Phi) is 6.37. The first-order valence-electron chi connectivity index (χ1n) is 10.1. The molecular formula is C22H31ClN2O5. The summed E-state index contributed by atoms with van der Waals surface area (Å²) in [4.78, 5) is 31.2. The predicted molar refractivity (Wildman–Crippen MR) is 115 cm³/mol. The Bertz CT molecular complexity index is 851. The van der Waals surface area contributed by atoms with E-state index < -0.39 is 11.8 Å². The Morgan fingerprint density at radius 2 is 2.07 bits per heavy atom. The van der Waals surface area contributed by atoms with Gasteiger partial charge < -0.3 is 14.5 Å². The topological polar surface area (TPSA) is 69.6 Å². The molecule has 3 rings (SSSR count). The molecule has 0 unspecified atom stereocenters. The van der Waals surface area contributed by atoms with Gasteiger partial charge in [0, 0.05) is 29.3 Å². The summed E-state index contributed by atoms with van der Waals surface area (Å²) in [7, 11) is 3.06. The summed E-state index contributed by atoms with van der Waals surface area (Å²) in [6.07, 6.45) is 0.434. The highest BCUT2D eigenvalue weighted by Gasteiger charge is 2.54. The third-order valence-corrected chi connectivity index (χ3v) is 6.55. The molecule has 7 nitrogen and oxygen atoms in total. The van der Waals surface area contributed by atoms with Gasteiger partial charge in [0.05, 0.1) is 26.5 Å². The smallest absolute Gasteiger partial charge is 0.228 e. The van der Waals surface area contributed by atoms with E-state index in [1.54, 1.807) is 12.0 Å². The summed E-state index contributed by atoms with van der Waals surface area (Å²) >= 11 is 6.34. The molecule has 1 aromatic rings. The summed E-state index contributed by atoms with van der Waals surface area (Å²) in [5.74, 6) is 0.510. The van der Waals surface area contributed by atoms with Gasteiger partial charge in [-0.05, 0) is 30.0 Å². The Balaban J connectivity index is 1.84. The normalized spacial score (nSPS) is 24.7. The first-order chi connectivity index (χ1) is 14.0. The lowest BCUT2D eigenvalue weighted by molar-refractivity contribution is -0.326. The number of likely N-dealkylation sites (tertiary alicyclic amines) is 1. The van der Waals surface area contributed by atoms with E-state index in [1.807, 2.05) is 46.8 Å². The maximum Gasteiger partial charge on any atom is 0.228 e. The molecular weight excluding hydrogens is 408 g/mol. The molecule has 30 heavy (non-hydrogen) atoms. The molecule has 1 amide bonds. The molecule has 8 heteroatoms. The molecule has 0 aliphatic carbocycles. The van der Waals surface area contributed by atoms with E-state index in [0.29, 0.717) is 30.2 Å². The molecule has 0 bridgehead atoms. The third kappa shape index (κ3) is 4.29. The van der Waals surface area contributed by atoms with Crippen LogP contribution in [0.1, 0.15) is 51.7 Å². The van der Waals surface area contributed by atoms with Crippen molar-refractivity contribution in [3.63, 3.8) is 0 Å². The molecule has 1 saturated heterocycles. The molecule has 1 spiro atoms. The van der Waals surface area contributed by atoms with Crippen molar-refractivity contribution in [2.24, 2.45) is 16.5 Å². The zero-order valence-electron chi connectivity index (χ0n) is 18.7. The van der Waals surface area contributed by atoms with Crippen LogP contribution in [0.2, 0.25) is 5.02 Å². The Hall–Kier alpha value is -1.83. The molecule has 0 N–H and O–H groups in total. The number of methoxy groups -OCH3 is 1. The molecule has 2 aliphatic heterocycles. The number of oxime groups is 1. The van der Waals surface area contributed by atoms with Crippen molar-refractivity contribution in [3.8, 4) is 5.75 Å². The number of amides is 1. The lowest BCUT2D eigenvalue weighted by Crippen LogP contribution is -2.44. The maximum atomic E-state index is 13.2. The number of hydrogen-bond donors (Lipinski definition) is 0. The van der Waals surface area contributed by atoms with Crippen LogP contribution in [0.5, 0.6) is 5.75 Å². The van der Waals surface area contributed by atoms with Crippen molar-refractivity contribution >= 4 is 23.2 Å². The van der Waals surface area contributed by atoms with Crippen molar-refractivity contribution in [1.29, 1.82) is 0 Å². The van der Waals surface area contributed by atoms with Crippen molar-refractivity contribution in [3.05, 3.63) is 28.3 Å². The number of aryl methyl sites for hydroxylation is 1. The van der Waals surface area contributed by atoms with Crippen molar-refractivity contribution in [1.82, 2.24) is 4.90 Å². The van der Waals surface area contributed by atoms with E-state index in [9.17, 15) is 4.79 Å². The molecule has 1 fully saturated rings. The number of ether oxygens (including phenoxy) is 1. The SMILES string of the molecule is COO[C@@H]1C[C@]2(CC(c3cc(Cl)c(C)cc3OC)=NO2)CN1C(=O)[C@@H](C)C(C)(C)C. The summed E-state index contributed by atoms with van der Waals surface area (Å²) in [5, 5.41) is 4.98. The predicted octanol–water partition coefficient (Wildman–Crippen LogP) is 4.34. The van der Waals surface area contributed by atoms with Crippen LogP contribution in [0.25, 0.3) is 0 Å². The van der Waals surface area contributed by atoms with Crippen LogP contribution in [-0.4, -0.2) is 49.1 Å². The number of nitrogens with zero attached hydrogens (tertiary/aromatic N) is 2. The van der Waals surface area contributed by atoms with Gasteiger partial charge in [0.2, 0.25) is 5.91 Å². The minimum Gasteiger partial charge on any atom is -0.496 e. The second-order valence-corrected chi connectivity index (χ2v) is 9.67. The van der Waals surface area contributed by atoms with Crippen LogP contribution in [0.4, 0.5) is 0 Å². The lowest BCUT2D eigenvalue weighted by atomic mass is 9.81. The summed E-state index contributed by atoms with van der Waals surface area (Å²) in [6, 6.07) is 3.73. The van der Waals surface area contributed by atoms with Crippen LogP contribution in [0.15, 0.2) is 17.3 Å². The maximum absolute atomic E-state index is 13.2. The van der Waals surface area contributed by atoms with Crippen LogP contribution >= 0.6 is 11.6 Å². The van der Waals surface area contributed by atoms with E-state index in [-0.39, 0.29) is 17.2 Å². The van der Waals surface area contributed by atoms with Crippen LogP contribution in [0.3, 0.4) is 0 Å². The monoisotopic (exact) mass is 438 g/mol. The molecule has 1 aromatic carbocycles. The van der Waals surface area contributed by atoms with Gasteiger partial charge in [0.1, 0.15) is 5.75 Å². The zero-order valence-corrected chi connectivity index (χ0v) is 19.5. The number of rotatable bonds is 5. The fourth-order valence-electron chi connectivity index (χ4n) is 3.85. The Morgan fingerprint density at radius 1 is 1.37 bits per heavy atom. The van der Waals surface area contributed by atoms with E-state index in [4.69, 9.17) is 31.0 Å². The van der Waals surface area contributed by atoms with Crippen molar-refractivity contribution in [2.75, 3.05) is 20.8 Å². The first kappa shape index (κ1) is 22.8. The van der Waals surface area contributed by atoms with E-state index in [1.165, 1.54) is 7.11 Å². The summed E-state index contributed by atoms with van der Waals surface area (Å²) in [6.45, 7) is 10.4. The van der Waals surface area contributed by atoms with Gasteiger partial charge in [-0.25, -0.2) is 9.78 Å². The van der Waals surface area contributed by atoms with Gasteiger partial charge in [0.15, 0.2) is 11.8 Å². The van der Waals surface area contributed by atoms with Crippen molar-refractivity contribution < 1.29 is 24.1 Å². The molecule has 0 saturated carbocycles. The van der Waals surface area contributed by atoms with Crippen LogP contribution in [-0.2, 0) is 19.4 Å². The van der Waals surface area contributed by atoms with Gasteiger partial charge in [-0.15, -0.1) is 0 Å². The van der Waals surface area contributed by atoms with Crippen molar-refractivity contribution in [2.45, 2.75) is 59.3 Å². The van der Waals surface area contributed by atoms with Gasteiger partial charge in [-0.1, -0.05) is 44.5 Å². The highest BCUT2D eigenvalue weighted by Crippen LogP contribution is 2.42. The molecule has 0 radical (unpaired) electrons. The molecule has 166 valence electrons. The quantitative estimate of drug-likeness (QED) is 0.505. The largest absolute Gasteiger partial charge is 0.496 e. The van der Waals surface area contributed by atoms with Gasteiger partial charge in [0.25, 0.3) is 0 Å². The number of halogens is 1. The number of carbonyl (C=O) groups excluding carboxylic acids is 1. The zero-order chi connectivity index (χ0) is 22.3. The highest BCUT2D eigenvalue weighted by atomic mass is 35.5. The minimum atomic E-state index is -0.672. The average Bonchev–Trinajstić information content (AvgIpc) is 3.25. The number of benzene rings is 1. The number of carbonyl (C=O) groups is 1. The summed E-state index contributed by atoms with van der Waals surface area (Å²) in [5.41, 5.74) is 1.61. The van der Waals surface area contributed by atoms with Crippen LogP contribution < -0.4 is 4.74 Å². The molecule has 0 aromatic heterocycles. The Labute approximate surface area is 183 Å². The fourth-order valence-corrected chi connectivity index (χ4v) is 4.01. The second kappa shape index (κ2) is 8.36. The Morgan fingerprint density at radius 3 is 2.67 bits per heavy atom. The second-order valence-electron chi connectivity index (χ2n) is 9.27. The lowest BCUT2D eigenvalue weighted by Gasteiger charge is -2.32. The van der Waals surface area contributed by atoms with Gasteiger partial charge in [-0.2, -0.15) is 0 Å². The van der Waals surface area contributed by atoms with Gasteiger partial charge >= 0.3 is 0 Å². The fraction of sp³-hybridized carbons (Fsp3) is 0.636. The molecule has 2 aliphatic rings. The van der Waals surface area contributed by atoms with E-state index in [0.717, 1.165) is 16.8 Å². The summed E-state index contributed by atoms with van der Waals surface area (Å²) < 4.78 is 5.53. The molecule has 3 atom stereocenters. The van der Waals surface area contributed by atoms with E-state index in [2.05, 4.69) is 5.16 Å². The molecule has 2 heterocycles. The van der Waals surface area contributed by atoms with Crippen LogP contribution in [0, 0.1) is 18.3 Å². The standard InChI is InChI=1S/C22H31ClN2O5/c1-13-8-18(27-6)15(9-16(13)23)17-10-22(30-24-17)11-19(29-28-7)25(12-22)20(26)14(2)21(3,4)5/h8-9,14,19H,10-12H2,1-7H3/t14-,19-,22-/m1/s1. The van der Waals surface area contributed by atoms with E-state index >= 15 is 0 Å². The first-order valence-corrected chi connectivity index (χ1v) is 10.5. The average molecular weight is 439 g/mol.